The zero-order chi connectivity index (χ0) is 13.1. The molecule has 1 aromatic carbocycles. The van der Waals surface area contributed by atoms with Crippen molar-refractivity contribution in [2.75, 3.05) is 6.54 Å². The number of rotatable bonds is 2. The van der Waals surface area contributed by atoms with E-state index in [-0.39, 0.29) is 32.7 Å². The molecule has 1 nitrogen and oxygen atoms in total. The van der Waals surface area contributed by atoms with Crippen molar-refractivity contribution in [3.8, 4) is 12.3 Å². The third-order valence-electron chi connectivity index (χ3n) is 2.85. The third-order valence-corrected chi connectivity index (χ3v) is 3.18. The van der Waals surface area contributed by atoms with Gasteiger partial charge in [-0.3, -0.25) is 0 Å². The second kappa shape index (κ2) is 7.10. The van der Waals surface area contributed by atoms with Crippen molar-refractivity contribution in [3.05, 3.63) is 64.9 Å². The number of terminal acetylenes is 1. The van der Waals surface area contributed by atoms with E-state index in [0.717, 1.165) is 29.1 Å². The molecule has 0 N–H and O–H groups in total. The number of hydrogen-bond acceptors (Lipinski definition) is 1. The van der Waals surface area contributed by atoms with Gasteiger partial charge in [-0.25, -0.2) is 0 Å². The molecule has 0 aromatic heterocycles. The maximum absolute atomic E-state index is 6.06. The van der Waals surface area contributed by atoms with Gasteiger partial charge in [0.2, 0.25) is 0 Å². The molecule has 0 bridgehead atoms. The van der Waals surface area contributed by atoms with Gasteiger partial charge in [0, 0.05) is 44.8 Å². The van der Waals surface area contributed by atoms with Crippen LogP contribution in [0.1, 0.15) is 18.1 Å². The normalized spacial score (nSPS) is 14.2. The summed E-state index contributed by atoms with van der Waals surface area (Å²) in [5.74, 6) is 2.60. The summed E-state index contributed by atoms with van der Waals surface area (Å²) in [5, 5.41) is 0.626. The van der Waals surface area contributed by atoms with Crippen LogP contribution in [0.5, 0.6) is 0 Å². The Morgan fingerprint density at radius 1 is 1.37 bits per heavy atom. The molecular formula is C16H13ClNY-. The minimum absolute atomic E-state index is 0. The van der Waals surface area contributed by atoms with Gasteiger partial charge in [-0.05, 0) is 17.7 Å². The fourth-order valence-electron chi connectivity index (χ4n) is 1.87. The van der Waals surface area contributed by atoms with E-state index >= 15 is 0 Å². The molecular weight excluding hydrogens is 331 g/mol. The minimum atomic E-state index is 0. The van der Waals surface area contributed by atoms with Crippen LogP contribution in [0.25, 0.3) is 5.70 Å². The number of allylic oxidation sites excluding steroid dienone is 3. The monoisotopic (exact) mass is 343 g/mol. The smallest absolute Gasteiger partial charge is 0.0222 e. The van der Waals surface area contributed by atoms with Crippen LogP contribution in [-0.4, -0.2) is 11.4 Å². The summed E-state index contributed by atoms with van der Waals surface area (Å²) in [7, 11) is 0. The molecule has 93 valence electrons. The molecule has 1 radical (unpaired) electrons. The Balaban J connectivity index is 0.00000180. The Bertz CT molecular complexity index is 576. The van der Waals surface area contributed by atoms with Gasteiger partial charge in [0.05, 0.1) is 0 Å². The molecule has 0 spiro atoms. The van der Waals surface area contributed by atoms with Gasteiger partial charge in [-0.1, -0.05) is 35.9 Å². The van der Waals surface area contributed by atoms with Crippen molar-refractivity contribution in [2.24, 2.45) is 0 Å². The van der Waals surface area contributed by atoms with Gasteiger partial charge in [0.1, 0.15) is 0 Å². The van der Waals surface area contributed by atoms with Crippen LogP contribution < -0.4 is 0 Å². The Morgan fingerprint density at radius 3 is 2.53 bits per heavy atom. The molecule has 0 saturated heterocycles. The zero-order valence-corrected chi connectivity index (χ0v) is 14.4. The quantitative estimate of drug-likeness (QED) is 0.583. The zero-order valence-electron chi connectivity index (χ0n) is 10.8. The summed E-state index contributed by atoms with van der Waals surface area (Å²) >= 11 is 6.06. The molecule has 3 heteroatoms. The minimum Gasteiger partial charge on any atom is -0.374 e. The summed E-state index contributed by atoms with van der Waals surface area (Å²) < 4.78 is 0. The molecule has 0 aliphatic carbocycles. The van der Waals surface area contributed by atoms with Gasteiger partial charge in [0.25, 0.3) is 0 Å². The Morgan fingerprint density at radius 2 is 2.00 bits per heavy atom. The van der Waals surface area contributed by atoms with Crippen LogP contribution in [0.15, 0.2) is 47.6 Å². The first-order chi connectivity index (χ1) is 8.67. The number of benzene rings is 1. The molecule has 19 heavy (non-hydrogen) atoms. The first kappa shape index (κ1) is 16.2. The van der Waals surface area contributed by atoms with Crippen molar-refractivity contribution in [3.63, 3.8) is 0 Å². The summed E-state index contributed by atoms with van der Waals surface area (Å²) in [6.07, 6.45) is 10.3. The van der Waals surface area contributed by atoms with Crippen LogP contribution in [0.4, 0.5) is 0 Å². The van der Waals surface area contributed by atoms with Crippen LogP contribution in [0.2, 0.25) is 0 Å². The summed E-state index contributed by atoms with van der Waals surface area (Å²) in [4.78, 5) is 2.03. The standard InChI is InChI=1S/C16H13ClN.Y/c1-4-13-6-8-14(9-7-13)16-11-10-15(17)12(3)18(16)5-2;/h1,6-10H,3,5H2,2H3;/q-1;. The molecule has 1 heterocycles. The van der Waals surface area contributed by atoms with E-state index < -0.39 is 0 Å². The van der Waals surface area contributed by atoms with E-state index in [2.05, 4.69) is 25.5 Å². The molecule has 1 aromatic rings. The summed E-state index contributed by atoms with van der Waals surface area (Å²) in [6, 6.07) is 7.81. The van der Waals surface area contributed by atoms with Gasteiger partial charge in [-0.15, -0.1) is 18.6 Å². The average molecular weight is 344 g/mol. The van der Waals surface area contributed by atoms with Crippen molar-refractivity contribution >= 4 is 17.3 Å². The molecule has 0 amide bonds. The van der Waals surface area contributed by atoms with E-state index in [1.165, 1.54) is 0 Å². The molecule has 0 saturated carbocycles. The molecule has 0 fully saturated rings. The first-order valence-electron chi connectivity index (χ1n) is 5.70. The van der Waals surface area contributed by atoms with Crippen molar-refractivity contribution < 1.29 is 32.7 Å². The van der Waals surface area contributed by atoms with Crippen LogP contribution in [0, 0.1) is 18.4 Å². The fraction of sp³-hybridized carbons (Fsp3) is 0.125. The summed E-state index contributed by atoms with van der Waals surface area (Å²) in [6.45, 7) is 6.84. The second-order valence-electron chi connectivity index (χ2n) is 3.90. The molecule has 0 unspecified atom stereocenters. The van der Waals surface area contributed by atoms with E-state index in [9.17, 15) is 0 Å². The third kappa shape index (κ3) is 3.39. The van der Waals surface area contributed by atoms with Gasteiger partial charge >= 0.3 is 0 Å². The summed E-state index contributed by atoms with van der Waals surface area (Å²) in [5.41, 5.74) is 3.69. The number of hydrogen-bond donors (Lipinski definition) is 0. The fourth-order valence-corrected chi connectivity index (χ4v) is 2.03. The van der Waals surface area contributed by atoms with Crippen LogP contribution in [0.3, 0.4) is 0 Å². The first-order valence-corrected chi connectivity index (χ1v) is 6.08. The van der Waals surface area contributed by atoms with Crippen molar-refractivity contribution in [2.45, 2.75) is 6.92 Å². The van der Waals surface area contributed by atoms with E-state index in [4.69, 9.17) is 18.0 Å². The Hall–Kier alpha value is -0.806. The van der Waals surface area contributed by atoms with E-state index in [1.54, 1.807) is 6.08 Å². The molecule has 0 atom stereocenters. The van der Waals surface area contributed by atoms with Crippen molar-refractivity contribution in [1.29, 1.82) is 0 Å². The Kier molecular flexibility index (Phi) is 6.08. The molecule has 1 aliphatic rings. The maximum Gasteiger partial charge on any atom is 0.0222 e. The number of halogens is 1. The van der Waals surface area contributed by atoms with Crippen molar-refractivity contribution in [1.82, 2.24) is 4.90 Å². The topological polar surface area (TPSA) is 3.24 Å². The predicted octanol–water partition coefficient (Wildman–Crippen LogP) is 3.78. The number of likely N-dealkylation sites (N-methyl/N-ethyl adjacent to an activating group) is 1. The van der Waals surface area contributed by atoms with E-state index in [1.807, 2.05) is 29.2 Å². The maximum atomic E-state index is 6.06. The van der Waals surface area contributed by atoms with Gasteiger partial charge in [0.15, 0.2) is 0 Å². The molecule has 1 aliphatic heterocycles. The number of nitrogens with zero attached hydrogens (tertiary/aromatic N) is 1. The SMILES string of the molecule is C#Cc1ccc(C2=[C-]C=C(Cl)C(=C)N2CC)cc1.[Y]. The predicted molar refractivity (Wildman–Crippen MR) is 76.5 cm³/mol. The largest absolute Gasteiger partial charge is 0.374 e. The second-order valence-corrected chi connectivity index (χ2v) is 4.31. The van der Waals surface area contributed by atoms with Gasteiger partial charge < -0.3 is 4.90 Å². The van der Waals surface area contributed by atoms with E-state index in [0.29, 0.717) is 5.03 Å². The molecule has 2 rings (SSSR count). The van der Waals surface area contributed by atoms with Crippen LogP contribution in [-0.2, 0) is 32.7 Å². The Labute approximate surface area is 144 Å². The average Bonchev–Trinajstić information content (AvgIpc) is 2.42. The van der Waals surface area contributed by atoms with Crippen LogP contribution >= 0.6 is 11.6 Å². The van der Waals surface area contributed by atoms with Gasteiger partial charge in [-0.2, -0.15) is 23.8 Å².